The number of hydrogen-bond donors (Lipinski definition) is 1. The summed E-state index contributed by atoms with van der Waals surface area (Å²) in [6.45, 7) is 5.49. The highest BCUT2D eigenvalue weighted by Crippen LogP contribution is 2.39. The highest BCUT2D eigenvalue weighted by Gasteiger charge is 2.28. The minimum atomic E-state index is -0.311. The largest absolute Gasteiger partial charge is 0.462 e. The first kappa shape index (κ1) is 15.9. The average Bonchev–Trinajstić information content (AvgIpc) is 3.39. The number of piperazine rings is 1. The van der Waals surface area contributed by atoms with Crippen molar-refractivity contribution in [2.45, 2.75) is 25.7 Å². The second-order valence-electron chi connectivity index (χ2n) is 6.52. The molecule has 4 rings (SSSR count). The number of hydrogen-bond acceptors (Lipinski definition) is 6. The maximum atomic E-state index is 12.2. The Kier molecular flexibility index (Phi) is 4.29. The van der Waals surface area contributed by atoms with Gasteiger partial charge in [-0.3, -0.25) is 5.10 Å². The fourth-order valence-electron chi connectivity index (χ4n) is 3.26. The van der Waals surface area contributed by atoms with Gasteiger partial charge in [-0.2, -0.15) is 5.10 Å². The summed E-state index contributed by atoms with van der Waals surface area (Å²) in [4.78, 5) is 21.0. The van der Waals surface area contributed by atoms with Crippen LogP contribution in [0.15, 0.2) is 24.4 Å². The van der Waals surface area contributed by atoms with Crippen molar-refractivity contribution in [3.63, 3.8) is 0 Å². The highest BCUT2D eigenvalue weighted by atomic mass is 16.5. The fraction of sp³-hybridized carbons (Fsp3) is 0.500. The summed E-state index contributed by atoms with van der Waals surface area (Å²) in [7, 11) is 0. The number of ether oxygens (including phenoxy) is 1. The molecule has 2 aromatic rings. The van der Waals surface area contributed by atoms with Crippen molar-refractivity contribution in [1.82, 2.24) is 15.2 Å². The molecule has 0 spiro atoms. The zero-order valence-corrected chi connectivity index (χ0v) is 14.4. The zero-order chi connectivity index (χ0) is 17.2. The molecule has 2 fully saturated rings. The van der Waals surface area contributed by atoms with Gasteiger partial charge >= 0.3 is 5.97 Å². The molecule has 2 aliphatic rings. The van der Waals surface area contributed by atoms with Gasteiger partial charge in [0.15, 0.2) is 5.82 Å². The van der Waals surface area contributed by atoms with Crippen molar-refractivity contribution in [3.8, 4) is 0 Å². The van der Waals surface area contributed by atoms with Crippen LogP contribution >= 0.6 is 0 Å². The summed E-state index contributed by atoms with van der Waals surface area (Å²) in [5, 5.41) is 7.63. The number of aromatic nitrogens is 3. The zero-order valence-electron chi connectivity index (χ0n) is 14.4. The second kappa shape index (κ2) is 6.74. The van der Waals surface area contributed by atoms with E-state index in [9.17, 15) is 4.79 Å². The van der Waals surface area contributed by atoms with Gasteiger partial charge in [-0.25, -0.2) is 9.78 Å². The average molecular weight is 341 g/mol. The molecule has 0 radical (unpaired) electrons. The van der Waals surface area contributed by atoms with Gasteiger partial charge in [0, 0.05) is 50.1 Å². The molecule has 3 heterocycles. The van der Waals surface area contributed by atoms with Crippen molar-refractivity contribution in [3.05, 3.63) is 35.7 Å². The third-order valence-corrected chi connectivity index (χ3v) is 4.79. The van der Waals surface area contributed by atoms with E-state index >= 15 is 0 Å². The van der Waals surface area contributed by atoms with E-state index in [4.69, 9.17) is 4.74 Å². The van der Waals surface area contributed by atoms with E-state index in [1.54, 1.807) is 18.3 Å². The molecule has 0 unspecified atom stereocenters. The van der Waals surface area contributed by atoms with E-state index in [2.05, 4.69) is 31.0 Å². The van der Waals surface area contributed by atoms with Crippen LogP contribution in [0.2, 0.25) is 0 Å². The molecule has 1 saturated carbocycles. The lowest BCUT2D eigenvalue weighted by Crippen LogP contribution is -2.47. The Bertz CT molecular complexity index is 747. The van der Waals surface area contributed by atoms with Gasteiger partial charge in [0.2, 0.25) is 0 Å². The minimum Gasteiger partial charge on any atom is -0.462 e. The molecule has 7 heteroatoms. The van der Waals surface area contributed by atoms with Gasteiger partial charge in [-0.05, 0) is 31.9 Å². The Hall–Kier alpha value is -2.57. The molecule has 132 valence electrons. The van der Waals surface area contributed by atoms with Crippen LogP contribution in [0.25, 0.3) is 0 Å². The Balaban J connectivity index is 1.44. The lowest BCUT2D eigenvalue weighted by atomic mass is 10.2. The van der Waals surface area contributed by atoms with E-state index < -0.39 is 0 Å². The van der Waals surface area contributed by atoms with E-state index in [-0.39, 0.29) is 5.97 Å². The van der Waals surface area contributed by atoms with Crippen molar-refractivity contribution in [2.75, 3.05) is 42.6 Å². The van der Waals surface area contributed by atoms with E-state index in [1.165, 1.54) is 18.5 Å². The Morgan fingerprint density at radius 2 is 2.04 bits per heavy atom. The molecule has 0 atom stereocenters. The van der Waals surface area contributed by atoms with Crippen LogP contribution in [0.3, 0.4) is 0 Å². The number of nitrogens with zero attached hydrogens (tertiary/aromatic N) is 4. The molecule has 1 aliphatic carbocycles. The van der Waals surface area contributed by atoms with Crippen LogP contribution in [0.1, 0.15) is 41.7 Å². The molecule has 1 saturated heterocycles. The van der Waals surface area contributed by atoms with Crippen LogP contribution in [-0.2, 0) is 4.74 Å². The van der Waals surface area contributed by atoms with Gasteiger partial charge in [-0.15, -0.1) is 0 Å². The number of esters is 1. The second-order valence-corrected chi connectivity index (χ2v) is 6.52. The first-order chi connectivity index (χ1) is 12.3. The SMILES string of the molecule is CCOC(=O)c1cccnc1N1CCN(c2cc(C3CC3)[nH]n2)CC1. The quantitative estimate of drug-likeness (QED) is 0.840. The molecule has 1 aliphatic heterocycles. The normalized spacial score (nSPS) is 17.6. The number of carbonyl (C=O) groups is 1. The number of carbonyl (C=O) groups excluding carboxylic acids is 1. The topological polar surface area (TPSA) is 74.3 Å². The maximum absolute atomic E-state index is 12.2. The summed E-state index contributed by atoms with van der Waals surface area (Å²) >= 11 is 0. The van der Waals surface area contributed by atoms with Crippen molar-refractivity contribution in [2.24, 2.45) is 0 Å². The van der Waals surface area contributed by atoms with E-state index in [1.807, 2.05) is 6.92 Å². The van der Waals surface area contributed by atoms with Gasteiger partial charge in [-0.1, -0.05) is 0 Å². The molecule has 1 N–H and O–H groups in total. The Morgan fingerprint density at radius 1 is 1.28 bits per heavy atom. The summed E-state index contributed by atoms with van der Waals surface area (Å²) in [6, 6.07) is 5.73. The van der Waals surface area contributed by atoms with Gasteiger partial charge in [0.1, 0.15) is 11.4 Å². The van der Waals surface area contributed by atoms with Gasteiger partial charge in [0.05, 0.1) is 6.61 Å². The fourth-order valence-corrected chi connectivity index (χ4v) is 3.26. The van der Waals surface area contributed by atoms with Crippen LogP contribution in [0.4, 0.5) is 11.6 Å². The molecule has 0 bridgehead atoms. The molecule has 0 amide bonds. The first-order valence-corrected chi connectivity index (χ1v) is 8.93. The maximum Gasteiger partial charge on any atom is 0.341 e. The predicted octanol–water partition coefficient (Wildman–Crippen LogP) is 2.19. The van der Waals surface area contributed by atoms with Gasteiger partial charge < -0.3 is 14.5 Å². The highest BCUT2D eigenvalue weighted by molar-refractivity contribution is 5.94. The smallest absolute Gasteiger partial charge is 0.341 e. The predicted molar refractivity (Wildman–Crippen MR) is 95.2 cm³/mol. The molecule has 0 aromatic carbocycles. The number of nitrogens with one attached hydrogen (secondary N) is 1. The number of anilines is 2. The summed E-state index contributed by atoms with van der Waals surface area (Å²) in [5.41, 5.74) is 1.79. The molecule has 7 nitrogen and oxygen atoms in total. The summed E-state index contributed by atoms with van der Waals surface area (Å²) in [6.07, 6.45) is 4.26. The minimum absolute atomic E-state index is 0.311. The third-order valence-electron chi connectivity index (χ3n) is 4.79. The van der Waals surface area contributed by atoms with Crippen LogP contribution in [0.5, 0.6) is 0 Å². The van der Waals surface area contributed by atoms with Crippen molar-refractivity contribution < 1.29 is 9.53 Å². The lowest BCUT2D eigenvalue weighted by molar-refractivity contribution is 0.0526. The third kappa shape index (κ3) is 3.31. The molecule has 25 heavy (non-hydrogen) atoms. The summed E-state index contributed by atoms with van der Waals surface area (Å²) < 4.78 is 5.15. The van der Waals surface area contributed by atoms with Crippen LogP contribution < -0.4 is 9.80 Å². The summed E-state index contributed by atoms with van der Waals surface area (Å²) in [5.74, 6) is 2.10. The monoisotopic (exact) mass is 341 g/mol. The standard InChI is InChI=1S/C18H23N5O2/c1-2-25-18(24)14-4-3-7-19-17(14)23-10-8-22(9-11-23)16-12-15(20-21-16)13-5-6-13/h3-4,7,12-13H,2,5-6,8-11H2,1H3,(H,20,21). The van der Waals surface area contributed by atoms with Crippen LogP contribution in [0, 0.1) is 0 Å². The van der Waals surface area contributed by atoms with Gasteiger partial charge in [0.25, 0.3) is 0 Å². The molecular formula is C18H23N5O2. The van der Waals surface area contributed by atoms with Crippen molar-refractivity contribution >= 4 is 17.6 Å². The number of pyridine rings is 1. The number of H-pyrrole nitrogens is 1. The Morgan fingerprint density at radius 3 is 2.76 bits per heavy atom. The first-order valence-electron chi connectivity index (χ1n) is 8.93. The molecule has 2 aromatic heterocycles. The number of aromatic amines is 1. The Labute approximate surface area is 147 Å². The van der Waals surface area contributed by atoms with E-state index in [0.717, 1.165) is 32.0 Å². The lowest BCUT2D eigenvalue weighted by Gasteiger charge is -2.36. The van der Waals surface area contributed by atoms with Crippen molar-refractivity contribution in [1.29, 1.82) is 0 Å². The van der Waals surface area contributed by atoms with E-state index in [0.29, 0.717) is 23.9 Å². The van der Waals surface area contributed by atoms with Crippen LogP contribution in [-0.4, -0.2) is 53.9 Å². The number of rotatable bonds is 5. The molecular weight excluding hydrogens is 318 g/mol.